The van der Waals surface area contributed by atoms with Crippen LogP contribution < -0.4 is 4.90 Å². The maximum Gasteiger partial charge on any atom is 0.227 e. The molecule has 0 radical (unpaired) electrons. The van der Waals surface area contributed by atoms with Crippen molar-refractivity contribution >= 4 is 92.4 Å². The van der Waals surface area contributed by atoms with Crippen molar-refractivity contribution in [1.82, 2.24) is 4.98 Å². The van der Waals surface area contributed by atoms with Crippen LogP contribution in [0.3, 0.4) is 0 Å². The summed E-state index contributed by atoms with van der Waals surface area (Å²) in [5, 5.41) is 6.97. The molecule has 0 aliphatic carbocycles. The Labute approximate surface area is 302 Å². The molecule has 244 valence electrons. The topological polar surface area (TPSA) is 42.4 Å². The van der Waals surface area contributed by atoms with Crippen molar-refractivity contribution in [3.05, 3.63) is 170 Å². The number of hydrogen-bond acceptors (Lipinski definition) is 5. The second-order valence-electron chi connectivity index (χ2n) is 13.1. The SMILES string of the molecule is c1ccc(-c2nc3c(ccc4oc5cc(N(c6ccc(-c7cccc8ccccc78)cc6)c6cccc7c6sc6ccccc67)ccc5c43)o2)cc1. The Morgan fingerprint density at radius 2 is 1.21 bits per heavy atom. The second-order valence-corrected chi connectivity index (χ2v) is 14.2. The monoisotopic (exact) mass is 684 g/mol. The van der Waals surface area contributed by atoms with Gasteiger partial charge in [0.1, 0.15) is 16.7 Å². The van der Waals surface area contributed by atoms with E-state index < -0.39 is 0 Å². The van der Waals surface area contributed by atoms with Crippen molar-refractivity contribution in [2.24, 2.45) is 0 Å². The molecule has 3 heterocycles. The molecular formula is C47H28N2O2S. The number of nitrogens with zero attached hydrogens (tertiary/aromatic N) is 2. The zero-order chi connectivity index (χ0) is 34.2. The number of thiophene rings is 1. The summed E-state index contributed by atoms with van der Waals surface area (Å²) in [6.07, 6.45) is 0. The first kappa shape index (κ1) is 29.1. The molecule has 0 bridgehead atoms. The Balaban J connectivity index is 1.10. The summed E-state index contributed by atoms with van der Waals surface area (Å²) in [5.74, 6) is 0.601. The molecule has 11 aromatic rings. The predicted octanol–water partition coefficient (Wildman–Crippen LogP) is 14.1. The van der Waals surface area contributed by atoms with E-state index in [-0.39, 0.29) is 0 Å². The first-order valence-corrected chi connectivity index (χ1v) is 18.2. The van der Waals surface area contributed by atoms with Crippen molar-refractivity contribution in [3.63, 3.8) is 0 Å². The summed E-state index contributed by atoms with van der Waals surface area (Å²) in [4.78, 5) is 7.32. The summed E-state index contributed by atoms with van der Waals surface area (Å²) < 4.78 is 15.3. The van der Waals surface area contributed by atoms with Gasteiger partial charge in [-0.3, -0.25) is 0 Å². The number of oxazole rings is 1. The predicted molar refractivity (Wildman–Crippen MR) is 217 cm³/mol. The van der Waals surface area contributed by atoms with Gasteiger partial charge >= 0.3 is 0 Å². The van der Waals surface area contributed by atoms with E-state index in [4.69, 9.17) is 13.8 Å². The van der Waals surface area contributed by atoms with Crippen LogP contribution in [-0.2, 0) is 0 Å². The molecule has 0 saturated heterocycles. The van der Waals surface area contributed by atoms with Crippen molar-refractivity contribution < 1.29 is 8.83 Å². The van der Waals surface area contributed by atoms with Crippen molar-refractivity contribution in [3.8, 4) is 22.6 Å². The Hall–Kier alpha value is -6.69. The third kappa shape index (κ3) is 4.50. The zero-order valence-corrected chi connectivity index (χ0v) is 28.6. The van der Waals surface area contributed by atoms with Gasteiger partial charge in [0.25, 0.3) is 0 Å². The molecule has 8 aromatic carbocycles. The third-order valence-electron chi connectivity index (χ3n) is 10.1. The maximum atomic E-state index is 6.59. The molecule has 0 N–H and O–H groups in total. The summed E-state index contributed by atoms with van der Waals surface area (Å²) >= 11 is 1.83. The maximum absolute atomic E-state index is 6.59. The molecule has 0 aliphatic rings. The molecule has 11 rings (SSSR count). The minimum atomic E-state index is 0.601. The van der Waals surface area contributed by atoms with E-state index >= 15 is 0 Å². The van der Waals surface area contributed by atoms with Crippen LogP contribution in [-0.4, -0.2) is 4.98 Å². The lowest BCUT2D eigenvalue weighted by atomic mass is 9.98. The van der Waals surface area contributed by atoms with Gasteiger partial charge in [0.15, 0.2) is 5.58 Å². The highest BCUT2D eigenvalue weighted by Crippen LogP contribution is 2.46. The van der Waals surface area contributed by atoms with E-state index in [1.54, 1.807) is 0 Å². The van der Waals surface area contributed by atoms with Gasteiger partial charge in [-0.25, -0.2) is 4.98 Å². The van der Waals surface area contributed by atoms with Crippen LogP contribution in [0, 0.1) is 0 Å². The van der Waals surface area contributed by atoms with Crippen molar-refractivity contribution in [2.75, 3.05) is 4.90 Å². The van der Waals surface area contributed by atoms with Gasteiger partial charge in [-0.1, -0.05) is 103 Å². The summed E-state index contributed by atoms with van der Waals surface area (Å²) in [6.45, 7) is 0. The van der Waals surface area contributed by atoms with Crippen LogP contribution in [0.25, 0.3) is 86.6 Å². The molecule has 4 nitrogen and oxygen atoms in total. The fourth-order valence-corrected chi connectivity index (χ4v) is 8.89. The number of aromatic nitrogens is 1. The van der Waals surface area contributed by atoms with Gasteiger partial charge in [0.2, 0.25) is 5.89 Å². The molecule has 52 heavy (non-hydrogen) atoms. The second kappa shape index (κ2) is 11.4. The Kier molecular flexibility index (Phi) is 6.39. The van der Waals surface area contributed by atoms with E-state index in [0.717, 1.165) is 55.7 Å². The smallest absolute Gasteiger partial charge is 0.227 e. The van der Waals surface area contributed by atoms with Crippen molar-refractivity contribution in [2.45, 2.75) is 0 Å². The molecule has 0 unspecified atom stereocenters. The minimum absolute atomic E-state index is 0.601. The van der Waals surface area contributed by atoms with Crippen LogP contribution in [0.15, 0.2) is 179 Å². The number of furan rings is 1. The fourth-order valence-electron chi connectivity index (χ4n) is 7.69. The average molecular weight is 685 g/mol. The highest BCUT2D eigenvalue weighted by molar-refractivity contribution is 7.26. The number of rotatable bonds is 5. The van der Waals surface area contributed by atoms with E-state index in [1.165, 1.54) is 42.1 Å². The Morgan fingerprint density at radius 3 is 2.12 bits per heavy atom. The molecule has 5 heteroatoms. The van der Waals surface area contributed by atoms with Gasteiger partial charge < -0.3 is 13.7 Å². The zero-order valence-electron chi connectivity index (χ0n) is 27.8. The highest BCUT2D eigenvalue weighted by atomic mass is 32.1. The summed E-state index contributed by atoms with van der Waals surface area (Å²) in [6, 6.07) is 59.8. The number of benzene rings is 8. The molecule has 0 spiro atoms. The molecule has 0 fully saturated rings. The quantitative estimate of drug-likeness (QED) is 0.181. The summed E-state index contributed by atoms with van der Waals surface area (Å²) in [7, 11) is 0. The van der Waals surface area contributed by atoms with E-state index in [9.17, 15) is 0 Å². The van der Waals surface area contributed by atoms with Crippen molar-refractivity contribution in [1.29, 1.82) is 0 Å². The molecule has 0 atom stereocenters. The minimum Gasteiger partial charge on any atom is -0.456 e. The lowest BCUT2D eigenvalue weighted by Crippen LogP contribution is -2.10. The van der Waals surface area contributed by atoms with Crippen LogP contribution >= 0.6 is 11.3 Å². The summed E-state index contributed by atoms with van der Waals surface area (Å²) in [5.41, 5.74) is 9.67. The lowest BCUT2D eigenvalue weighted by molar-refractivity contribution is 0.619. The molecular weight excluding hydrogens is 657 g/mol. The van der Waals surface area contributed by atoms with E-state index in [2.05, 4.69) is 132 Å². The van der Waals surface area contributed by atoms with Crippen LogP contribution in [0.2, 0.25) is 0 Å². The first-order chi connectivity index (χ1) is 25.8. The van der Waals surface area contributed by atoms with Gasteiger partial charge in [-0.2, -0.15) is 0 Å². The average Bonchev–Trinajstić information content (AvgIpc) is 3.92. The first-order valence-electron chi connectivity index (χ1n) is 17.4. The van der Waals surface area contributed by atoms with Gasteiger partial charge in [0, 0.05) is 43.9 Å². The van der Waals surface area contributed by atoms with Crippen LogP contribution in [0.4, 0.5) is 17.1 Å². The molecule has 3 aromatic heterocycles. The highest BCUT2D eigenvalue weighted by Gasteiger charge is 2.21. The van der Waals surface area contributed by atoms with Crippen LogP contribution in [0.5, 0.6) is 0 Å². The molecule has 0 aliphatic heterocycles. The number of fused-ring (bicyclic) bond motifs is 9. The normalized spacial score (nSPS) is 11.8. The molecule has 0 amide bonds. The van der Waals surface area contributed by atoms with Crippen LogP contribution in [0.1, 0.15) is 0 Å². The Morgan fingerprint density at radius 1 is 0.481 bits per heavy atom. The Bertz CT molecular complexity index is 3130. The van der Waals surface area contributed by atoms with E-state index in [0.29, 0.717) is 5.89 Å². The van der Waals surface area contributed by atoms with Gasteiger partial charge in [0.05, 0.1) is 15.8 Å². The van der Waals surface area contributed by atoms with Gasteiger partial charge in [-0.05, 0) is 82.6 Å². The standard InChI is InChI=1S/C47H28N2O2S/c1-2-11-31(12-3-1)47-48-45-41(51-47)27-26-40-44(45)38-25-24-33(28-42(38)50-40)49(39-18-9-17-37-36-15-6-7-19-43(36)52-46(37)39)32-22-20-30(21-23-32)35-16-8-13-29-10-4-5-14-34(29)35/h1-28H. The largest absolute Gasteiger partial charge is 0.456 e. The number of hydrogen-bond donors (Lipinski definition) is 0. The molecule has 0 saturated carbocycles. The van der Waals surface area contributed by atoms with E-state index in [1.807, 2.05) is 53.8 Å². The fraction of sp³-hybridized carbons (Fsp3) is 0. The third-order valence-corrected chi connectivity index (χ3v) is 11.3. The lowest BCUT2D eigenvalue weighted by Gasteiger charge is -2.26. The van der Waals surface area contributed by atoms with Gasteiger partial charge in [-0.15, -0.1) is 11.3 Å². The number of anilines is 3.